The average molecular weight is 339 g/mol. The molecule has 3 N–H and O–H groups in total. The summed E-state index contributed by atoms with van der Waals surface area (Å²) in [5.74, 6) is 7.12. The second-order valence-electron chi connectivity index (χ2n) is 4.28. The fourth-order valence-electron chi connectivity index (χ4n) is 1.47. The Balaban J connectivity index is 2.34. The molecule has 0 saturated carbocycles. The number of hydrogen-bond donors (Lipinski definition) is 2. The lowest BCUT2D eigenvalue weighted by Crippen LogP contribution is -2.11. The first-order chi connectivity index (χ1) is 9.10. The van der Waals surface area contributed by atoms with E-state index in [-0.39, 0.29) is 5.92 Å². The largest absolute Gasteiger partial charge is 0.308 e. The van der Waals surface area contributed by atoms with E-state index in [9.17, 15) is 0 Å². The maximum absolute atomic E-state index is 5.45. The first kappa shape index (κ1) is 14.3. The molecule has 0 saturated heterocycles. The third-order valence-corrected chi connectivity index (χ3v) is 4.38. The molecule has 19 heavy (non-hydrogen) atoms. The Bertz CT molecular complexity index is 574. The first-order valence-corrected chi connectivity index (χ1v) is 7.49. The molecule has 0 unspecified atom stereocenters. The van der Waals surface area contributed by atoms with Crippen LogP contribution in [0, 0.1) is 0 Å². The lowest BCUT2D eigenvalue weighted by atomic mass is 10.2. The zero-order valence-corrected chi connectivity index (χ0v) is 13.1. The Morgan fingerprint density at radius 2 is 2.00 bits per heavy atom. The standard InChI is InChI=1S/C13H15BrN4S/c1-8(2)13-16-11(18-15)7-12(17-13)19-10-6-4-3-5-9(10)14/h3-8H,15H2,1-2H3,(H,16,17,18). The van der Waals surface area contributed by atoms with Gasteiger partial charge in [-0.25, -0.2) is 15.8 Å². The summed E-state index contributed by atoms with van der Waals surface area (Å²) in [4.78, 5) is 10.0. The van der Waals surface area contributed by atoms with Crippen LogP contribution in [0.15, 0.2) is 44.7 Å². The number of nitrogens with two attached hydrogens (primary N) is 1. The van der Waals surface area contributed by atoms with E-state index in [1.807, 2.05) is 30.3 Å². The molecule has 0 aliphatic heterocycles. The van der Waals surface area contributed by atoms with Crippen molar-refractivity contribution in [3.8, 4) is 0 Å². The van der Waals surface area contributed by atoms with Gasteiger partial charge in [-0.2, -0.15) is 0 Å². The molecule has 1 aromatic carbocycles. The Labute approximate surface area is 125 Å². The fraction of sp³-hybridized carbons (Fsp3) is 0.231. The molecule has 0 aliphatic rings. The molecule has 2 aromatic rings. The summed E-state index contributed by atoms with van der Waals surface area (Å²) in [7, 11) is 0. The SMILES string of the molecule is CC(C)c1nc(NN)cc(Sc2ccccc2Br)n1. The molecule has 2 rings (SSSR count). The Morgan fingerprint density at radius 3 is 2.63 bits per heavy atom. The van der Waals surface area contributed by atoms with Gasteiger partial charge < -0.3 is 5.43 Å². The summed E-state index contributed by atoms with van der Waals surface area (Å²) in [6.07, 6.45) is 0. The number of rotatable bonds is 4. The van der Waals surface area contributed by atoms with E-state index < -0.39 is 0 Å². The van der Waals surface area contributed by atoms with Crippen LogP contribution < -0.4 is 11.3 Å². The van der Waals surface area contributed by atoms with Gasteiger partial charge in [0.25, 0.3) is 0 Å². The molecular weight excluding hydrogens is 324 g/mol. The molecule has 6 heteroatoms. The van der Waals surface area contributed by atoms with Gasteiger partial charge in [0.2, 0.25) is 0 Å². The molecule has 0 aliphatic carbocycles. The van der Waals surface area contributed by atoms with E-state index >= 15 is 0 Å². The number of hydrazine groups is 1. The van der Waals surface area contributed by atoms with Gasteiger partial charge in [-0.05, 0) is 28.1 Å². The molecule has 0 amide bonds. The van der Waals surface area contributed by atoms with Crippen molar-refractivity contribution in [1.29, 1.82) is 0 Å². The molecule has 0 radical (unpaired) electrons. The summed E-state index contributed by atoms with van der Waals surface area (Å²) >= 11 is 5.11. The van der Waals surface area contributed by atoms with Gasteiger partial charge in [0, 0.05) is 21.4 Å². The smallest absolute Gasteiger partial charge is 0.144 e. The molecule has 0 spiro atoms. The fourth-order valence-corrected chi connectivity index (χ4v) is 2.84. The highest BCUT2D eigenvalue weighted by Crippen LogP contribution is 2.33. The van der Waals surface area contributed by atoms with E-state index in [2.05, 4.69) is 45.2 Å². The number of halogens is 1. The van der Waals surface area contributed by atoms with Crippen LogP contribution in [0.4, 0.5) is 5.82 Å². The van der Waals surface area contributed by atoms with Crippen LogP contribution in [0.5, 0.6) is 0 Å². The molecule has 1 heterocycles. The third kappa shape index (κ3) is 3.68. The predicted molar refractivity (Wildman–Crippen MR) is 82.2 cm³/mol. The van der Waals surface area contributed by atoms with Crippen molar-refractivity contribution < 1.29 is 0 Å². The highest BCUT2D eigenvalue weighted by Gasteiger charge is 2.10. The number of aromatic nitrogens is 2. The molecule has 0 bridgehead atoms. The van der Waals surface area contributed by atoms with Crippen LogP contribution in [0.3, 0.4) is 0 Å². The minimum atomic E-state index is 0.256. The maximum Gasteiger partial charge on any atom is 0.144 e. The van der Waals surface area contributed by atoms with Crippen molar-refractivity contribution in [3.05, 3.63) is 40.6 Å². The van der Waals surface area contributed by atoms with Gasteiger partial charge in [-0.15, -0.1) is 0 Å². The number of hydrogen-bond acceptors (Lipinski definition) is 5. The van der Waals surface area contributed by atoms with Crippen molar-refractivity contribution in [2.45, 2.75) is 29.7 Å². The molecular formula is C13H15BrN4S. The summed E-state index contributed by atoms with van der Waals surface area (Å²) in [5, 5.41) is 0.874. The average Bonchev–Trinajstić information content (AvgIpc) is 2.41. The zero-order chi connectivity index (χ0) is 13.8. The van der Waals surface area contributed by atoms with E-state index in [0.717, 1.165) is 20.2 Å². The summed E-state index contributed by atoms with van der Waals surface area (Å²) in [6.45, 7) is 4.12. The van der Waals surface area contributed by atoms with Gasteiger partial charge in [0.1, 0.15) is 16.7 Å². The quantitative estimate of drug-likeness (QED) is 0.504. The lowest BCUT2D eigenvalue weighted by molar-refractivity contribution is 0.754. The Morgan fingerprint density at radius 1 is 1.26 bits per heavy atom. The van der Waals surface area contributed by atoms with Crippen molar-refractivity contribution in [2.24, 2.45) is 5.84 Å². The van der Waals surface area contributed by atoms with E-state index in [1.165, 1.54) is 0 Å². The number of nitrogens with one attached hydrogen (secondary N) is 1. The zero-order valence-electron chi connectivity index (χ0n) is 10.7. The second-order valence-corrected chi connectivity index (χ2v) is 6.20. The first-order valence-electron chi connectivity index (χ1n) is 5.88. The topological polar surface area (TPSA) is 63.8 Å². The highest BCUT2D eigenvalue weighted by molar-refractivity contribution is 9.10. The monoisotopic (exact) mass is 338 g/mol. The molecule has 100 valence electrons. The van der Waals surface area contributed by atoms with Crippen molar-refractivity contribution in [1.82, 2.24) is 9.97 Å². The highest BCUT2D eigenvalue weighted by atomic mass is 79.9. The Kier molecular flexibility index (Phi) is 4.79. The Hall–Kier alpha value is -1.11. The van der Waals surface area contributed by atoms with Crippen molar-refractivity contribution in [3.63, 3.8) is 0 Å². The van der Waals surface area contributed by atoms with Crippen molar-refractivity contribution >= 4 is 33.5 Å². The molecule has 1 aromatic heterocycles. The molecule has 0 fully saturated rings. The molecule has 0 atom stereocenters. The van der Waals surface area contributed by atoms with Crippen LogP contribution in [0.25, 0.3) is 0 Å². The maximum atomic E-state index is 5.45. The number of benzene rings is 1. The van der Waals surface area contributed by atoms with Crippen LogP contribution in [0.1, 0.15) is 25.6 Å². The second kappa shape index (κ2) is 6.36. The van der Waals surface area contributed by atoms with E-state index in [4.69, 9.17) is 5.84 Å². The van der Waals surface area contributed by atoms with Gasteiger partial charge in [0.05, 0.1) is 0 Å². The van der Waals surface area contributed by atoms with Crippen LogP contribution in [0.2, 0.25) is 0 Å². The van der Waals surface area contributed by atoms with E-state index in [0.29, 0.717) is 5.82 Å². The number of nitrogen functional groups attached to an aromatic ring is 1. The number of anilines is 1. The minimum absolute atomic E-state index is 0.256. The molecule has 4 nitrogen and oxygen atoms in total. The third-order valence-electron chi connectivity index (χ3n) is 2.44. The van der Waals surface area contributed by atoms with Crippen LogP contribution in [-0.2, 0) is 0 Å². The van der Waals surface area contributed by atoms with E-state index in [1.54, 1.807) is 11.8 Å². The van der Waals surface area contributed by atoms with Gasteiger partial charge in [-0.1, -0.05) is 37.7 Å². The summed E-state index contributed by atoms with van der Waals surface area (Å²) in [5.41, 5.74) is 2.59. The summed E-state index contributed by atoms with van der Waals surface area (Å²) < 4.78 is 1.05. The van der Waals surface area contributed by atoms with Gasteiger partial charge >= 0.3 is 0 Å². The number of nitrogens with zero attached hydrogens (tertiary/aromatic N) is 2. The summed E-state index contributed by atoms with van der Waals surface area (Å²) in [6, 6.07) is 9.88. The van der Waals surface area contributed by atoms with Gasteiger partial charge in [0.15, 0.2) is 0 Å². The minimum Gasteiger partial charge on any atom is -0.308 e. The predicted octanol–water partition coefficient (Wildman–Crippen LogP) is 3.80. The van der Waals surface area contributed by atoms with Crippen LogP contribution >= 0.6 is 27.7 Å². The normalized spacial score (nSPS) is 10.8. The van der Waals surface area contributed by atoms with Gasteiger partial charge in [-0.3, -0.25) is 0 Å². The lowest BCUT2D eigenvalue weighted by Gasteiger charge is -2.10. The van der Waals surface area contributed by atoms with Crippen LogP contribution in [-0.4, -0.2) is 9.97 Å². The van der Waals surface area contributed by atoms with Crippen molar-refractivity contribution in [2.75, 3.05) is 5.43 Å².